The second-order valence-corrected chi connectivity index (χ2v) is 6.66. The minimum Gasteiger partial charge on any atom is -0.399 e. The van der Waals surface area contributed by atoms with Gasteiger partial charge in [0.2, 0.25) is 10.0 Å². The molecule has 3 N–H and O–H groups in total. The number of thioether (sulfide) groups is 1. The van der Waals surface area contributed by atoms with E-state index < -0.39 is 15.8 Å². The van der Waals surface area contributed by atoms with Gasteiger partial charge in [0.25, 0.3) is 0 Å². The van der Waals surface area contributed by atoms with Crippen LogP contribution in [0.4, 0.5) is 10.1 Å². The molecule has 0 aliphatic heterocycles. The van der Waals surface area contributed by atoms with Crippen molar-refractivity contribution in [2.45, 2.75) is 17.1 Å². The van der Waals surface area contributed by atoms with Crippen LogP contribution in [0.2, 0.25) is 0 Å². The van der Waals surface area contributed by atoms with Gasteiger partial charge in [-0.05, 0) is 24.5 Å². The molecule has 0 aromatic heterocycles. The van der Waals surface area contributed by atoms with Crippen LogP contribution in [-0.2, 0) is 10.0 Å². The molecule has 4 nitrogen and oxygen atoms in total. The Morgan fingerprint density at radius 2 is 2.12 bits per heavy atom. The molecule has 96 valence electrons. The van der Waals surface area contributed by atoms with Crippen LogP contribution >= 0.6 is 11.8 Å². The second-order valence-electron chi connectivity index (χ2n) is 3.62. The predicted octanol–water partition coefficient (Wildman–Crippen LogP) is 1.44. The largest absolute Gasteiger partial charge is 0.399 e. The van der Waals surface area contributed by atoms with Crippen molar-refractivity contribution in [1.29, 1.82) is 0 Å². The van der Waals surface area contributed by atoms with Gasteiger partial charge in [-0.1, -0.05) is 6.92 Å². The zero-order valence-electron chi connectivity index (χ0n) is 9.60. The molecule has 0 aliphatic carbocycles. The first kappa shape index (κ1) is 14.3. The van der Waals surface area contributed by atoms with E-state index >= 15 is 0 Å². The molecular formula is C10H15FN2O2S2. The molecule has 0 spiro atoms. The Labute approximate surface area is 105 Å². The normalized spacial score (nSPS) is 13.6. The van der Waals surface area contributed by atoms with Gasteiger partial charge < -0.3 is 5.73 Å². The van der Waals surface area contributed by atoms with Crippen LogP contribution in [-0.4, -0.2) is 26.5 Å². The summed E-state index contributed by atoms with van der Waals surface area (Å²) in [6, 6.07) is 3.25. The van der Waals surface area contributed by atoms with Crippen LogP contribution in [0.25, 0.3) is 0 Å². The van der Waals surface area contributed by atoms with Crippen molar-refractivity contribution in [3.63, 3.8) is 0 Å². The summed E-state index contributed by atoms with van der Waals surface area (Å²) in [5, 5.41) is 0.149. The van der Waals surface area contributed by atoms with Crippen molar-refractivity contribution in [2.75, 3.05) is 18.5 Å². The van der Waals surface area contributed by atoms with E-state index in [1.807, 2.05) is 13.2 Å². The second kappa shape index (κ2) is 5.70. The first-order valence-corrected chi connectivity index (χ1v) is 7.71. The molecule has 0 radical (unpaired) electrons. The van der Waals surface area contributed by atoms with Crippen LogP contribution in [0.1, 0.15) is 6.92 Å². The highest BCUT2D eigenvalue weighted by Crippen LogP contribution is 2.16. The van der Waals surface area contributed by atoms with Crippen molar-refractivity contribution in [2.24, 2.45) is 0 Å². The lowest BCUT2D eigenvalue weighted by molar-refractivity contribution is 0.577. The van der Waals surface area contributed by atoms with Crippen LogP contribution in [0.3, 0.4) is 0 Å². The number of hydrogen-bond donors (Lipinski definition) is 2. The SMILES string of the molecule is CSC(C)CNS(=O)(=O)c1cc(N)cc(F)c1. The van der Waals surface area contributed by atoms with Crippen molar-refractivity contribution in [3.05, 3.63) is 24.0 Å². The number of anilines is 1. The number of nitrogens with two attached hydrogens (primary N) is 1. The smallest absolute Gasteiger partial charge is 0.240 e. The molecule has 1 aromatic carbocycles. The molecule has 7 heteroatoms. The summed E-state index contributed by atoms with van der Waals surface area (Å²) >= 11 is 1.54. The lowest BCUT2D eigenvalue weighted by Gasteiger charge is -2.11. The Bertz CT molecular complexity index is 471. The van der Waals surface area contributed by atoms with Crippen molar-refractivity contribution < 1.29 is 12.8 Å². The number of benzene rings is 1. The fourth-order valence-electron chi connectivity index (χ4n) is 1.13. The molecule has 0 bridgehead atoms. The minimum atomic E-state index is -3.69. The average Bonchev–Trinajstić information content (AvgIpc) is 2.24. The third-order valence-electron chi connectivity index (χ3n) is 2.17. The van der Waals surface area contributed by atoms with E-state index in [0.29, 0.717) is 6.54 Å². The monoisotopic (exact) mass is 278 g/mol. The minimum absolute atomic E-state index is 0.0864. The number of sulfonamides is 1. The lowest BCUT2D eigenvalue weighted by Crippen LogP contribution is -2.29. The molecule has 17 heavy (non-hydrogen) atoms. The molecular weight excluding hydrogens is 263 g/mol. The van der Waals surface area contributed by atoms with E-state index in [2.05, 4.69) is 4.72 Å². The van der Waals surface area contributed by atoms with E-state index in [0.717, 1.165) is 12.1 Å². The Kier molecular flexibility index (Phi) is 4.79. The number of rotatable bonds is 5. The maximum atomic E-state index is 13.0. The zero-order valence-corrected chi connectivity index (χ0v) is 11.2. The summed E-state index contributed by atoms with van der Waals surface area (Å²) in [6.45, 7) is 2.19. The number of hydrogen-bond acceptors (Lipinski definition) is 4. The quantitative estimate of drug-likeness (QED) is 0.799. The fraction of sp³-hybridized carbons (Fsp3) is 0.400. The van der Waals surface area contributed by atoms with Crippen molar-refractivity contribution in [1.82, 2.24) is 4.72 Å². The highest BCUT2D eigenvalue weighted by Gasteiger charge is 2.16. The summed E-state index contributed by atoms with van der Waals surface area (Å²) in [4.78, 5) is -0.150. The molecule has 0 aliphatic rings. The zero-order chi connectivity index (χ0) is 13.1. The van der Waals surface area contributed by atoms with E-state index in [4.69, 9.17) is 5.73 Å². The van der Waals surface area contributed by atoms with Gasteiger partial charge in [-0.15, -0.1) is 0 Å². The average molecular weight is 278 g/mol. The molecule has 0 saturated heterocycles. The first-order chi connectivity index (χ1) is 7.85. The third kappa shape index (κ3) is 4.18. The van der Waals surface area contributed by atoms with Gasteiger partial charge in [0.15, 0.2) is 0 Å². The van der Waals surface area contributed by atoms with E-state index in [-0.39, 0.29) is 15.8 Å². The molecule has 1 aromatic rings. The van der Waals surface area contributed by atoms with Gasteiger partial charge in [0, 0.05) is 17.5 Å². The van der Waals surface area contributed by atoms with Gasteiger partial charge in [0.05, 0.1) is 4.90 Å². The summed E-state index contributed by atoms with van der Waals surface area (Å²) in [7, 11) is -3.69. The lowest BCUT2D eigenvalue weighted by atomic mass is 10.3. The maximum Gasteiger partial charge on any atom is 0.240 e. The van der Waals surface area contributed by atoms with Gasteiger partial charge in [0.1, 0.15) is 5.82 Å². The number of nitrogens with one attached hydrogen (secondary N) is 1. The van der Waals surface area contributed by atoms with E-state index in [1.165, 1.54) is 6.07 Å². The molecule has 0 amide bonds. The highest BCUT2D eigenvalue weighted by atomic mass is 32.2. The van der Waals surface area contributed by atoms with Crippen LogP contribution in [0.5, 0.6) is 0 Å². The summed E-state index contributed by atoms with van der Waals surface area (Å²) in [5.74, 6) is -0.664. The Morgan fingerprint density at radius 3 is 2.65 bits per heavy atom. The molecule has 1 atom stereocenters. The summed E-state index contributed by atoms with van der Waals surface area (Å²) < 4.78 is 39.1. The van der Waals surface area contributed by atoms with E-state index in [1.54, 1.807) is 11.8 Å². The molecule has 0 heterocycles. The highest BCUT2D eigenvalue weighted by molar-refractivity contribution is 7.99. The number of nitrogen functional groups attached to an aromatic ring is 1. The van der Waals surface area contributed by atoms with Gasteiger partial charge in [-0.3, -0.25) is 0 Å². The standard InChI is InChI=1S/C10H15FN2O2S2/c1-7(16-2)6-13-17(14,15)10-4-8(11)3-9(12)5-10/h3-5,7,13H,6,12H2,1-2H3. The molecule has 1 rings (SSSR count). The van der Waals surface area contributed by atoms with Gasteiger partial charge in [-0.2, -0.15) is 11.8 Å². The topological polar surface area (TPSA) is 72.2 Å². The summed E-state index contributed by atoms with van der Waals surface area (Å²) in [6.07, 6.45) is 1.89. The van der Waals surface area contributed by atoms with E-state index in [9.17, 15) is 12.8 Å². The fourth-order valence-corrected chi connectivity index (χ4v) is 2.68. The van der Waals surface area contributed by atoms with Crippen LogP contribution < -0.4 is 10.5 Å². The van der Waals surface area contributed by atoms with Gasteiger partial charge in [-0.25, -0.2) is 17.5 Å². The first-order valence-electron chi connectivity index (χ1n) is 4.93. The van der Waals surface area contributed by atoms with Crippen LogP contribution in [0, 0.1) is 5.82 Å². The Balaban J connectivity index is 2.89. The maximum absolute atomic E-state index is 13.0. The van der Waals surface area contributed by atoms with Crippen molar-refractivity contribution in [3.8, 4) is 0 Å². The predicted molar refractivity (Wildman–Crippen MR) is 69.0 cm³/mol. The molecule has 0 saturated carbocycles. The summed E-state index contributed by atoms with van der Waals surface area (Å²) in [5.41, 5.74) is 5.49. The Morgan fingerprint density at radius 1 is 1.47 bits per heavy atom. The Hall–Kier alpha value is -0.790. The van der Waals surface area contributed by atoms with Gasteiger partial charge >= 0.3 is 0 Å². The molecule has 1 unspecified atom stereocenters. The molecule has 0 fully saturated rings. The van der Waals surface area contributed by atoms with Crippen LogP contribution in [0.15, 0.2) is 23.1 Å². The van der Waals surface area contributed by atoms with Crippen molar-refractivity contribution >= 4 is 27.5 Å². The number of halogens is 1. The third-order valence-corrected chi connectivity index (χ3v) is 4.54.